The normalized spacial score (nSPS) is 14.9. The van der Waals surface area contributed by atoms with Crippen molar-refractivity contribution >= 4 is 22.6 Å². The maximum Gasteiger partial charge on any atom is 0.251 e. The van der Waals surface area contributed by atoms with Crippen LogP contribution < -0.4 is 10.0 Å². The molecule has 0 aromatic heterocycles. The molecule has 114 valence electrons. The van der Waals surface area contributed by atoms with Gasteiger partial charge in [0.2, 0.25) is 0 Å². The van der Waals surface area contributed by atoms with Gasteiger partial charge in [-0.05, 0) is 43.2 Å². The molecule has 1 aliphatic rings. The molecule has 6 heteroatoms. The second-order valence-electron chi connectivity index (χ2n) is 5.11. The monoisotopic (exact) mass is 318 g/mol. The van der Waals surface area contributed by atoms with Gasteiger partial charge in [-0.1, -0.05) is 12.1 Å². The largest absolute Gasteiger partial charge is 0.352 e. The first-order chi connectivity index (χ1) is 10.6. The molecule has 0 saturated carbocycles. The molecule has 3 rings (SSSR count). The van der Waals surface area contributed by atoms with E-state index < -0.39 is 11.0 Å². The Morgan fingerprint density at radius 3 is 2.91 bits per heavy atom. The highest BCUT2D eigenvalue weighted by Crippen LogP contribution is 2.22. The Bertz CT molecular complexity index is 777. The average molecular weight is 318 g/mol. The lowest BCUT2D eigenvalue weighted by molar-refractivity contribution is 0.0945. The number of benzene rings is 2. The van der Waals surface area contributed by atoms with Gasteiger partial charge in [0, 0.05) is 17.7 Å². The van der Waals surface area contributed by atoms with Crippen molar-refractivity contribution in [3.8, 4) is 0 Å². The van der Waals surface area contributed by atoms with E-state index in [0.717, 1.165) is 12.0 Å². The van der Waals surface area contributed by atoms with Crippen molar-refractivity contribution in [2.24, 2.45) is 0 Å². The minimum absolute atomic E-state index is 0.151. The number of rotatable bonds is 3. The Kier molecular flexibility index (Phi) is 3.94. The zero-order valence-electron chi connectivity index (χ0n) is 12.0. The summed E-state index contributed by atoms with van der Waals surface area (Å²) in [5.41, 5.74) is 2.38. The molecule has 0 spiro atoms. The quantitative estimate of drug-likeness (QED) is 0.914. The molecule has 1 atom stereocenters. The molecule has 1 heterocycles. The number of hydrogen-bond donors (Lipinski definition) is 2. The van der Waals surface area contributed by atoms with Gasteiger partial charge in [0.15, 0.2) is 0 Å². The predicted octanol–water partition coefficient (Wildman–Crippen LogP) is 2.55. The smallest absolute Gasteiger partial charge is 0.251 e. The van der Waals surface area contributed by atoms with Gasteiger partial charge in [-0.3, -0.25) is 4.79 Å². The summed E-state index contributed by atoms with van der Waals surface area (Å²) in [7, 11) is -1.56. The first-order valence-electron chi connectivity index (χ1n) is 6.91. The van der Waals surface area contributed by atoms with Crippen molar-refractivity contribution in [2.75, 3.05) is 11.3 Å². The minimum Gasteiger partial charge on any atom is -0.352 e. The number of hydrogen-bond acceptors (Lipinski definition) is 2. The van der Waals surface area contributed by atoms with Crippen molar-refractivity contribution in [1.82, 2.24) is 5.32 Å². The van der Waals surface area contributed by atoms with Gasteiger partial charge in [-0.15, -0.1) is 0 Å². The Morgan fingerprint density at radius 1 is 1.27 bits per heavy atom. The number of nitrogens with one attached hydrogen (secondary N) is 2. The van der Waals surface area contributed by atoms with Crippen molar-refractivity contribution in [1.29, 1.82) is 0 Å². The number of carbonyl (C=O) groups excluding carboxylic acids is 1. The van der Waals surface area contributed by atoms with Gasteiger partial charge in [-0.2, -0.15) is 0 Å². The van der Waals surface area contributed by atoms with Crippen molar-refractivity contribution in [3.05, 3.63) is 58.9 Å². The Labute approximate surface area is 130 Å². The molecule has 1 amide bonds. The van der Waals surface area contributed by atoms with Gasteiger partial charge in [0.25, 0.3) is 5.91 Å². The Balaban J connectivity index is 1.88. The third kappa shape index (κ3) is 2.74. The van der Waals surface area contributed by atoms with E-state index in [1.807, 2.05) is 6.07 Å². The molecule has 1 unspecified atom stereocenters. The lowest BCUT2D eigenvalue weighted by Gasteiger charge is -2.17. The van der Waals surface area contributed by atoms with Gasteiger partial charge in [0.05, 0.1) is 10.6 Å². The molecule has 2 aromatic carbocycles. The van der Waals surface area contributed by atoms with Crippen molar-refractivity contribution in [3.63, 3.8) is 0 Å². The van der Waals surface area contributed by atoms with Crippen LogP contribution in [0.3, 0.4) is 0 Å². The van der Waals surface area contributed by atoms with E-state index in [-0.39, 0.29) is 11.7 Å². The summed E-state index contributed by atoms with van der Waals surface area (Å²) in [6.45, 7) is 2.24. The maximum atomic E-state index is 13.5. The van der Waals surface area contributed by atoms with Gasteiger partial charge >= 0.3 is 0 Å². The summed E-state index contributed by atoms with van der Waals surface area (Å²) in [6, 6.07) is 9.76. The number of fused-ring (bicyclic) bond motifs is 1. The fraction of sp³-hybridized carbons (Fsp3) is 0.188. The standard InChI is InChI=1S/C16H15FN2O2S/c1-10-14(17)3-2-4-15(10)19-22(21)12-6-5-11-7-8-18-16(20)13(11)9-12/h2-6,9,19H,7-8H2,1H3,(H,18,20). The first kappa shape index (κ1) is 14.7. The molecule has 22 heavy (non-hydrogen) atoms. The number of carbonyl (C=O) groups is 1. The molecule has 2 aromatic rings. The summed E-state index contributed by atoms with van der Waals surface area (Å²) in [5, 5.41) is 2.76. The van der Waals surface area contributed by atoms with Crippen LogP contribution >= 0.6 is 0 Å². The molecule has 2 N–H and O–H groups in total. The van der Waals surface area contributed by atoms with Gasteiger partial charge in [0.1, 0.15) is 16.8 Å². The Hall–Kier alpha value is -2.21. The highest BCUT2D eigenvalue weighted by Gasteiger charge is 2.18. The predicted molar refractivity (Wildman–Crippen MR) is 83.6 cm³/mol. The number of anilines is 1. The molecule has 4 nitrogen and oxygen atoms in total. The molecule has 0 aliphatic carbocycles. The number of halogens is 1. The molecule has 1 aliphatic heterocycles. The average Bonchev–Trinajstić information content (AvgIpc) is 2.52. The number of amides is 1. The Morgan fingerprint density at radius 2 is 2.09 bits per heavy atom. The molecular weight excluding hydrogens is 303 g/mol. The first-order valence-corrected chi connectivity index (χ1v) is 8.06. The van der Waals surface area contributed by atoms with Crippen LogP contribution in [0.25, 0.3) is 0 Å². The third-order valence-electron chi connectivity index (χ3n) is 3.69. The van der Waals surface area contributed by atoms with Crippen LogP contribution in [0, 0.1) is 12.7 Å². The van der Waals surface area contributed by atoms with Crippen LogP contribution in [0.4, 0.5) is 10.1 Å². The topological polar surface area (TPSA) is 58.2 Å². The van der Waals surface area contributed by atoms with Crippen LogP contribution in [0.1, 0.15) is 21.5 Å². The van der Waals surface area contributed by atoms with E-state index in [1.165, 1.54) is 6.07 Å². The summed E-state index contributed by atoms with van der Waals surface area (Å²) in [6.07, 6.45) is 0.768. The highest BCUT2D eigenvalue weighted by molar-refractivity contribution is 7.86. The van der Waals surface area contributed by atoms with E-state index in [1.54, 1.807) is 31.2 Å². The third-order valence-corrected chi connectivity index (χ3v) is 4.78. The molecule has 0 bridgehead atoms. The summed E-state index contributed by atoms with van der Waals surface area (Å²) in [5.74, 6) is -0.506. The van der Waals surface area contributed by atoms with Crippen LogP contribution in [0.2, 0.25) is 0 Å². The second-order valence-corrected chi connectivity index (χ2v) is 6.32. The van der Waals surface area contributed by atoms with Crippen molar-refractivity contribution in [2.45, 2.75) is 18.2 Å². The summed E-state index contributed by atoms with van der Waals surface area (Å²) >= 11 is 0. The van der Waals surface area contributed by atoms with Gasteiger partial charge < -0.3 is 10.0 Å². The second kappa shape index (κ2) is 5.88. The van der Waals surface area contributed by atoms with E-state index in [2.05, 4.69) is 10.0 Å². The van der Waals surface area contributed by atoms with Gasteiger partial charge in [-0.25, -0.2) is 8.60 Å². The minimum atomic E-state index is -1.56. The SMILES string of the molecule is Cc1c(F)cccc1NS(=O)c1ccc2c(c1)C(=O)NCC2. The molecule has 0 fully saturated rings. The van der Waals surface area contributed by atoms with E-state index in [9.17, 15) is 13.4 Å². The molecule has 0 radical (unpaired) electrons. The van der Waals surface area contributed by atoms with Crippen LogP contribution in [-0.2, 0) is 17.4 Å². The lowest BCUT2D eigenvalue weighted by atomic mass is 10.0. The maximum absolute atomic E-state index is 13.5. The van der Waals surface area contributed by atoms with Crippen LogP contribution in [0.5, 0.6) is 0 Å². The van der Waals surface area contributed by atoms with E-state index in [4.69, 9.17) is 0 Å². The highest BCUT2D eigenvalue weighted by atomic mass is 32.2. The lowest BCUT2D eigenvalue weighted by Crippen LogP contribution is -2.31. The van der Waals surface area contributed by atoms with Crippen LogP contribution in [-0.4, -0.2) is 16.7 Å². The fourth-order valence-electron chi connectivity index (χ4n) is 2.38. The fourth-order valence-corrected chi connectivity index (χ4v) is 3.34. The summed E-state index contributed by atoms with van der Waals surface area (Å²) in [4.78, 5) is 12.3. The summed E-state index contributed by atoms with van der Waals surface area (Å²) < 4.78 is 28.7. The molecular formula is C16H15FN2O2S. The van der Waals surface area contributed by atoms with E-state index in [0.29, 0.717) is 28.3 Å². The zero-order chi connectivity index (χ0) is 15.7. The molecule has 0 saturated heterocycles. The van der Waals surface area contributed by atoms with Crippen LogP contribution in [0.15, 0.2) is 41.3 Å². The zero-order valence-corrected chi connectivity index (χ0v) is 12.8. The van der Waals surface area contributed by atoms with Crippen molar-refractivity contribution < 1.29 is 13.4 Å². The van der Waals surface area contributed by atoms with E-state index >= 15 is 0 Å².